The number of nitrogens with zero attached hydrogens (tertiary/aromatic N) is 18. The Balaban J connectivity index is 0.000000932. The number of carboxylic acid groups (broad SMARTS) is 15. The zero-order valence-electron chi connectivity index (χ0n) is 88.2. The van der Waals surface area contributed by atoms with E-state index in [-0.39, 0.29) is 171 Å². The van der Waals surface area contributed by atoms with Crippen molar-refractivity contribution in [1.82, 2.24) is 93.5 Å². The average Bonchev–Trinajstić information content (AvgIpc) is 1.61. The van der Waals surface area contributed by atoms with Gasteiger partial charge in [0.15, 0.2) is 0 Å². The lowest BCUT2D eigenvalue weighted by Gasteiger charge is -2.38. The van der Waals surface area contributed by atoms with Crippen LogP contribution >= 0.6 is 0 Å². The first kappa shape index (κ1) is 136. The van der Waals surface area contributed by atoms with E-state index in [0.29, 0.717) is 260 Å². The number of carbonyl (C=O) groups is 18. The van der Waals surface area contributed by atoms with Gasteiger partial charge < -0.3 is 87.0 Å². The number of ketones is 2. The highest BCUT2D eigenvalue weighted by atomic mass is 16.4. The summed E-state index contributed by atoms with van der Waals surface area (Å²) in [5.41, 5.74) is 0. The van der Waals surface area contributed by atoms with Crippen LogP contribution in [0.1, 0.15) is 108 Å². The monoisotopic (exact) mass is 2120 g/mol. The third-order valence-corrected chi connectivity index (χ3v) is 24.4. The summed E-state index contributed by atoms with van der Waals surface area (Å²) < 4.78 is 0. The summed E-state index contributed by atoms with van der Waals surface area (Å²) in [6.07, 6.45) is 2.81. The molecule has 0 aromatic rings. The van der Waals surface area contributed by atoms with E-state index >= 15 is 0 Å². The fourth-order valence-electron chi connectivity index (χ4n) is 17.6. The van der Waals surface area contributed by atoms with Crippen molar-refractivity contribution in [1.29, 1.82) is 0 Å². The van der Waals surface area contributed by atoms with Crippen LogP contribution in [0.15, 0.2) is 12.3 Å². The fraction of sp³-hybridized carbons (Fsp3) is 0.789. The number of hydrogen-bond donors (Lipinski definition) is 17. The summed E-state index contributed by atoms with van der Waals surface area (Å²) in [6, 6.07) is -0.929. The normalized spacial score (nSPS) is 19.7. The molecule has 0 aromatic carbocycles. The lowest BCUT2D eigenvalue weighted by molar-refractivity contribution is -0.142. The van der Waals surface area contributed by atoms with Gasteiger partial charge in [0.25, 0.3) is 0 Å². The van der Waals surface area contributed by atoms with Gasteiger partial charge in [0.2, 0.25) is 5.91 Å². The number of aliphatic hydroxyl groups excluding tert-OH is 1. The standard InChI is InChI=1S/C23H41N5O8.C20H36N4O8.C20H36N4O7.C16H29N3O6.C16H29N3O5/c1-17(2)24-20(30)5-4-19(18(3)29)28-12-10-26(15-22(33)34)8-6-25(14-21(31)32)7-9-27(11-13-28)16-23(35)36;1-15(2)9-16-10-23(13-19(29)30)6-5-21(11-17(25)26)3-4-22(12-18(27)28)7-8-24(16)14-20(31)32;1-16(2)11-17(25)12-21-3-5-22(13-18(26)27)7-9-24(15-20(30)31)10-8-23(6-4-21)14-19(28)29;1-12(2)7-13-8-18(10-15(22)23)4-3-17(9-14(20)21)5-6-19(13)11-16(24)25;1-13(2)9-14(20)10-17-3-5-18(11-15(21)22)7-8-19(6-4-17)12-16(23)24/h17,19,29H,3-16H2,1-2H3,(H,24,30)(H,31,32)(H,33,34)(H,35,36);15-16H,3-14H2,1-2H3,(H,25,26)(H,27,28)(H,29,30)(H,31,32);16H,3-15H2,1-2H3,(H,26,27)(H,28,29)(H,30,31);12-13H,3-11H2,1-2H3,(H,20,21)(H,22,23)(H,24,25);13H,3-12H2,1-2H3,(H,21,22)(H,23,24). The van der Waals surface area contributed by atoms with Crippen LogP contribution in [0.25, 0.3) is 0 Å². The number of rotatable bonds is 48. The van der Waals surface area contributed by atoms with Gasteiger partial charge >= 0.3 is 89.5 Å². The molecular formula is C95H171N19O34. The average molecular weight is 2120 g/mol. The topological polar surface area (TPSA) is 701 Å². The Bertz CT molecular complexity index is 3990. The molecule has 0 bridgehead atoms. The van der Waals surface area contributed by atoms with Crippen LogP contribution in [0.5, 0.6) is 0 Å². The molecule has 17 N–H and O–H groups in total. The number of aliphatic hydroxyl groups is 1. The summed E-state index contributed by atoms with van der Waals surface area (Å²) in [4.78, 5) is 237. The van der Waals surface area contributed by atoms with Crippen LogP contribution in [0.4, 0.5) is 0 Å². The Morgan fingerprint density at radius 1 is 0.230 bits per heavy atom. The number of carbonyl (C=O) groups excluding carboxylic acids is 3. The second kappa shape index (κ2) is 75.4. The third-order valence-electron chi connectivity index (χ3n) is 24.4. The molecule has 5 saturated heterocycles. The second-order valence-corrected chi connectivity index (χ2v) is 40.1. The van der Waals surface area contributed by atoms with Gasteiger partial charge in [-0.1, -0.05) is 62.0 Å². The van der Waals surface area contributed by atoms with Crippen molar-refractivity contribution in [2.75, 3.05) is 334 Å². The zero-order chi connectivity index (χ0) is 112. The molecule has 3 atom stereocenters. The van der Waals surface area contributed by atoms with Gasteiger partial charge in [0.05, 0.1) is 117 Å². The lowest BCUT2D eigenvalue weighted by atomic mass is 10.0. The molecule has 53 nitrogen and oxygen atoms in total. The van der Waals surface area contributed by atoms with E-state index in [2.05, 4.69) is 11.9 Å². The Morgan fingerprint density at radius 3 is 0.568 bits per heavy atom. The summed E-state index contributed by atoms with van der Waals surface area (Å²) in [6.45, 7) is 34.6. The zero-order valence-corrected chi connectivity index (χ0v) is 88.2. The number of nitrogens with one attached hydrogen (secondary N) is 1. The molecule has 5 rings (SSSR count). The molecule has 5 fully saturated rings. The van der Waals surface area contributed by atoms with Gasteiger partial charge in [0.1, 0.15) is 17.3 Å². The van der Waals surface area contributed by atoms with Crippen molar-refractivity contribution in [2.24, 2.45) is 23.7 Å². The van der Waals surface area contributed by atoms with Crippen molar-refractivity contribution in [3.8, 4) is 0 Å². The Hall–Kier alpha value is -10.3. The maximum absolute atomic E-state index is 12.3. The lowest BCUT2D eigenvalue weighted by Crippen LogP contribution is -2.53. The minimum Gasteiger partial charge on any atom is -0.511 e. The van der Waals surface area contributed by atoms with E-state index in [1.165, 1.54) is 0 Å². The highest BCUT2D eigenvalue weighted by molar-refractivity contribution is 5.81. The molecule has 1 amide bonds. The van der Waals surface area contributed by atoms with Crippen molar-refractivity contribution < 1.29 is 168 Å². The van der Waals surface area contributed by atoms with Crippen LogP contribution in [0, 0.1) is 23.7 Å². The molecule has 3 unspecified atom stereocenters. The predicted molar refractivity (Wildman–Crippen MR) is 539 cm³/mol. The number of aliphatic carboxylic acids is 15. The molecular weight excluding hydrogens is 1950 g/mol. The van der Waals surface area contributed by atoms with Crippen molar-refractivity contribution in [3.05, 3.63) is 12.3 Å². The number of hydrogen-bond acceptors (Lipinski definition) is 37. The SMILES string of the molecule is C=C(O)C(CCC(=O)NC(C)C)N1CCN(CC(=O)O)CCN(CC(=O)O)CCN(CC(=O)O)CC1.CC(C)CC(=O)CN1CCN(CC(=O)O)CCN(CC(=O)O)CC1.CC(C)CC(=O)CN1CCN(CC(=O)O)CCN(CC(=O)O)CCN(CC(=O)O)CC1.CC(C)CC1CN(CC(=O)O)CCN(CC(=O)O)CCN(CC(=O)O)CCN1CC(=O)O.CC(C)CC1CN(CC(=O)O)CCN(CC(=O)O)CCN1CC(=O)O. The van der Waals surface area contributed by atoms with Gasteiger partial charge in [-0.25, -0.2) is 0 Å². The predicted octanol–water partition coefficient (Wildman–Crippen LogP) is -3.49. The minimum absolute atomic E-state index is 0.0234. The summed E-state index contributed by atoms with van der Waals surface area (Å²) in [5, 5.41) is 151. The third kappa shape index (κ3) is 70.6. The van der Waals surface area contributed by atoms with E-state index < -0.39 is 95.6 Å². The van der Waals surface area contributed by atoms with Gasteiger partial charge in [-0.05, 0) is 56.8 Å². The van der Waals surface area contributed by atoms with Gasteiger partial charge in [0, 0.05) is 260 Å². The first-order chi connectivity index (χ1) is 69.3. The van der Waals surface area contributed by atoms with E-state index in [4.69, 9.17) is 25.5 Å². The minimum atomic E-state index is -1.02. The van der Waals surface area contributed by atoms with Crippen LogP contribution in [0.3, 0.4) is 0 Å². The maximum atomic E-state index is 12.3. The molecule has 5 aliphatic heterocycles. The molecule has 850 valence electrons. The first-order valence-corrected chi connectivity index (χ1v) is 50.4. The number of amides is 1. The fourth-order valence-corrected chi connectivity index (χ4v) is 17.6. The van der Waals surface area contributed by atoms with Gasteiger partial charge in [-0.3, -0.25) is 175 Å². The van der Waals surface area contributed by atoms with Crippen molar-refractivity contribution >= 4 is 107 Å². The molecule has 0 aliphatic carbocycles. The maximum Gasteiger partial charge on any atom is 0.317 e. The molecule has 148 heavy (non-hydrogen) atoms. The van der Waals surface area contributed by atoms with E-state index in [0.717, 1.165) is 6.42 Å². The van der Waals surface area contributed by atoms with E-state index in [1.54, 1.807) is 68.6 Å². The Labute approximate surface area is 866 Å². The molecule has 0 aromatic heterocycles. The van der Waals surface area contributed by atoms with E-state index in [1.807, 2.05) is 88.8 Å². The van der Waals surface area contributed by atoms with Gasteiger partial charge in [-0.2, -0.15) is 0 Å². The quantitative estimate of drug-likeness (QED) is 0.0263. The molecule has 0 saturated carbocycles. The van der Waals surface area contributed by atoms with Crippen molar-refractivity contribution in [2.45, 2.75) is 132 Å². The molecule has 53 heteroatoms. The summed E-state index contributed by atoms with van der Waals surface area (Å²) in [5.74, 6) is -13.6. The Kier molecular flexibility index (Phi) is 69.1. The van der Waals surface area contributed by atoms with E-state index in [9.17, 15) is 142 Å². The molecule has 5 aliphatic rings. The van der Waals surface area contributed by atoms with Crippen LogP contribution in [0.2, 0.25) is 0 Å². The van der Waals surface area contributed by atoms with Crippen LogP contribution < -0.4 is 5.32 Å². The molecule has 0 radical (unpaired) electrons. The first-order valence-electron chi connectivity index (χ1n) is 50.4. The van der Waals surface area contributed by atoms with Crippen LogP contribution in [-0.4, -0.2) is 635 Å². The highest BCUT2D eigenvalue weighted by Gasteiger charge is 2.34. The smallest absolute Gasteiger partial charge is 0.317 e. The van der Waals surface area contributed by atoms with Crippen molar-refractivity contribution in [3.63, 3.8) is 0 Å². The number of Topliss-reactive ketones (excluding diaryl/α,β-unsaturated/α-hetero) is 2. The summed E-state index contributed by atoms with van der Waals surface area (Å²) in [7, 11) is 0. The second-order valence-electron chi connectivity index (χ2n) is 40.1. The highest BCUT2D eigenvalue weighted by Crippen LogP contribution is 2.21. The molecule has 0 spiro atoms. The number of carboxylic acids is 15. The van der Waals surface area contributed by atoms with Crippen LogP contribution in [-0.2, 0) is 86.3 Å². The summed E-state index contributed by atoms with van der Waals surface area (Å²) >= 11 is 0. The van der Waals surface area contributed by atoms with Gasteiger partial charge in [-0.15, -0.1) is 0 Å². The molecule has 5 heterocycles. The largest absolute Gasteiger partial charge is 0.511 e. The Morgan fingerprint density at radius 2 is 0.399 bits per heavy atom.